The van der Waals surface area contributed by atoms with Crippen LogP contribution in [0.2, 0.25) is 0 Å². The molecule has 0 saturated carbocycles. The Bertz CT molecular complexity index is 352. The van der Waals surface area contributed by atoms with Gasteiger partial charge in [0.2, 0.25) is 0 Å². The van der Waals surface area contributed by atoms with Crippen LogP contribution in [0.3, 0.4) is 0 Å². The van der Waals surface area contributed by atoms with Crippen LogP contribution < -0.4 is 5.73 Å². The molecule has 3 N–H and O–H groups in total. The average molecular weight is 229 g/mol. The molecule has 0 aliphatic heterocycles. The van der Waals surface area contributed by atoms with Crippen LogP contribution in [0.1, 0.15) is 17.6 Å². The molecule has 0 aliphatic carbocycles. The lowest BCUT2D eigenvalue weighted by Crippen LogP contribution is -2.25. The highest BCUT2D eigenvalue weighted by molar-refractivity contribution is 5.70. The summed E-state index contributed by atoms with van der Waals surface area (Å²) in [6.45, 7) is 0.0337. The van der Waals surface area contributed by atoms with Gasteiger partial charge in [-0.3, -0.25) is 4.79 Å². The molecular formula is C11H13F2NO2. The lowest BCUT2D eigenvalue weighted by molar-refractivity contribution is -0.141. The normalized spacial score (nSPS) is 12.8. The second kappa shape index (κ2) is 5.55. The summed E-state index contributed by atoms with van der Waals surface area (Å²) >= 11 is 0. The van der Waals surface area contributed by atoms with Crippen molar-refractivity contribution in [1.82, 2.24) is 0 Å². The van der Waals surface area contributed by atoms with E-state index in [0.717, 1.165) is 0 Å². The smallest absolute Gasteiger partial charge is 0.308 e. The van der Waals surface area contributed by atoms with E-state index in [1.165, 1.54) is 24.3 Å². The van der Waals surface area contributed by atoms with E-state index in [9.17, 15) is 13.6 Å². The van der Waals surface area contributed by atoms with Crippen LogP contribution in [0, 0.1) is 5.92 Å². The number of aliphatic carboxylic acids is 1. The number of carboxylic acid groups (broad SMARTS) is 1. The van der Waals surface area contributed by atoms with Crippen molar-refractivity contribution in [3.8, 4) is 0 Å². The zero-order valence-electron chi connectivity index (χ0n) is 8.57. The molecule has 1 atom stereocenters. The second-order valence-electron chi connectivity index (χ2n) is 3.52. The van der Waals surface area contributed by atoms with Gasteiger partial charge in [0.15, 0.2) is 0 Å². The number of carboxylic acids is 1. The summed E-state index contributed by atoms with van der Waals surface area (Å²) in [5, 5.41) is 8.78. The fourth-order valence-electron chi connectivity index (χ4n) is 1.36. The largest absolute Gasteiger partial charge is 0.481 e. The Labute approximate surface area is 91.9 Å². The Hall–Kier alpha value is -1.49. The molecule has 0 saturated heterocycles. The van der Waals surface area contributed by atoms with E-state index < -0.39 is 18.3 Å². The second-order valence-corrected chi connectivity index (χ2v) is 3.52. The first kappa shape index (κ1) is 12.6. The molecule has 3 nitrogen and oxygen atoms in total. The highest BCUT2D eigenvalue weighted by Crippen LogP contribution is 2.19. The zero-order valence-corrected chi connectivity index (χ0v) is 8.57. The third-order valence-corrected chi connectivity index (χ3v) is 2.35. The number of nitrogens with two attached hydrogens (primary N) is 1. The molecule has 1 unspecified atom stereocenters. The first-order chi connectivity index (χ1) is 7.54. The third-order valence-electron chi connectivity index (χ3n) is 2.35. The van der Waals surface area contributed by atoms with Crippen LogP contribution in [0.15, 0.2) is 24.3 Å². The van der Waals surface area contributed by atoms with E-state index in [1.54, 1.807) is 0 Å². The number of benzene rings is 1. The van der Waals surface area contributed by atoms with Gasteiger partial charge in [-0.15, -0.1) is 0 Å². The van der Waals surface area contributed by atoms with Crippen LogP contribution in [0.5, 0.6) is 0 Å². The molecule has 0 bridgehead atoms. The van der Waals surface area contributed by atoms with Crippen LogP contribution >= 0.6 is 0 Å². The summed E-state index contributed by atoms with van der Waals surface area (Å²) in [7, 11) is 0. The van der Waals surface area contributed by atoms with Crippen LogP contribution in [0.25, 0.3) is 0 Å². The van der Waals surface area contributed by atoms with Crippen LogP contribution in [-0.4, -0.2) is 17.6 Å². The van der Waals surface area contributed by atoms with Crippen molar-refractivity contribution in [2.45, 2.75) is 12.8 Å². The lowest BCUT2D eigenvalue weighted by Gasteiger charge is -2.09. The van der Waals surface area contributed by atoms with Crippen molar-refractivity contribution < 1.29 is 18.7 Å². The molecule has 1 aromatic carbocycles. The number of alkyl halides is 2. The number of hydrogen-bond donors (Lipinski definition) is 2. The van der Waals surface area contributed by atoms with Crippen molar-refractivity contribution in [3.05, 3.63) is 35.4 Å². The Morgan fingerprint density at radius 3 is 2.25 bits per heavy atom. The number of hydrogen-bond acceptors (Lipinski definition) is 2. The number of rotatable bonds is 5. The van der Waals surface area contributed by atoms with Crippen LogP contribution in [0.4, 0.5) is 8.78 Å². The number of carbonyl (C=O) groups is 1. The first-order valence-corrected chi connectivity index (χ1v) is 4.84. The molecule has 16 heavy (non-hydrogen) atoms. The lowest BCUT2D eigenvalue weighted by atomic mass is 9.99. The van der Waals surface area contributed by atoms with E-state index >= 15 is 0 Å². The summed E-state index contributed by atoms with van der Waals surface area (Å²) in [5.74, 6) is -1.64. The Morgan fingerprint density at radius 1 is 1.31 bits per heavy atom. The molecule has 5 heteroatoms. The van der Waals surface area contributed by atoms with Crippen molar-refractivity contribution in [3.63, 3.8) is 0 Å². The maximum atomic E-state index is 12.2. The van der Waals surface area contributed by atoms with E-state index in [1.807, 2.05) is 0 Å². The average Bonchev–Trinajstić information content (AvgIpc) is 2.26. The Morgan fingerprint density at radius 2 is 1.88 bits per heavy atom. The van der Waals surface area contributed by atoms with Gasteiger partial charge < -0.3 is 10.8 Å². The highest BCUT2D eigenvalue weighted by Gasteiger charge is 2.16. The quantitative estimate of drug-likeness (QED) is 0.809. The van der Waals surface area contributed by atoms with E-state index in [2.05, 4.69) is 0 Å². The fraction of sp³-hybridized carbons (Fsp3) is 0.364. The van der Waals surface area contributed by atoms with Gasteiger partial charge in [-0.25, -0.2) is 8.78 Å². The first-order valence-electron chi connectivity index (χ1n) is 4.84. The predicted octanol–water partition coefficient (Wildman–Crippen LogP) is 1.83. The minimum Gasteiger partial charge on any atom is -0.481 e. The van der Waals surface area contributed by atoms with E-state index in [-0.39, 0.29) is 18.5 Å². The highest BCUT2D eigenvalue weighted by atomic mass is 19.3. The van der Waals surface area contributed by atoms with Gasteiger partial charge in [-0.05, 0) is 12.0 Å². The molecule has 88 valence electrons. The SMILES string of the molecule is NCC(Cc1ccc(C(F)F)cc1)C(=O)O. The van der Waals surface area contributed by atoms with Gasteiger partial charge >= 0.3 is 5.97 Å². The summed E-state index contributed by atoms with van der Waals surface area (Å²) in [4.78, 5) is 10.7. The van der Waals surface area contributed by atoms with Crippen molar-refractivity contribution in [1.29, 1.82) is 0 Å². The standard InChI is InChI=1S/C11H13F2NO2/c12-10(13)8-3-1-7(2-4-8)5-9(6-14)11(15)16/h1-4,9-10H,5-6,14H2,(H,15,16). The molecule has 0 aliphatic rings. The molecule has 0 spiro atoms. The minimum absolute atomic E-state index is 0.0337. The summed E-state index contributed by atoms with van der Waals surface area (Å²) in [6, 6.07) is 5.62. The van der Waals surface area contributed by atoms with Crippen molar-refractivity contribution in [2.75, 3.05) is 6.54 Å². The van der Waals surface area contributed by atoms with Crippen molar-refractivity contribution >= 4 is 5.97 Å². The Kier molecular flexibility index (Phi) is 4.37. The van der Waals surface area contributed by atoms with Gasteiger partial charge in [0, 0.05) is 12.1 Å². The maximum Gasteiger partial charge on any atom is 0.308 e. The fourth-order valence-corrected chi connectivity index (χ4v) is 1.36. The molecule has 0 heterocycles. The summed E-state index contributed by atoms with van der Waals surface area (Å²) in [5.41, 5.74) is 5.93. The number of halogens is 2. The van der Waals surface area contributed by atoms with Gasteiger partial charge in [0.25, 0.3) is 6.43 Å². The zero-order chi connectivity index (χ0) is 12.1. The Balaban J connectivity index is 2.71. The molecule has 0 aromatic heterocycles. The molecular weight excluding hydrogens is 216 g/mol. The van der Waals surface area contributed by atoms with Gasteiger partial charge in [0.1, 0.15) is 0 Å². The monoisotopic (exact) mass is 229 g/mol. The minimum atomic E-state index is -2.50. The van der Waals surface area contributed by atoms with Gasteiger partial charge in [-0.1, -0.05) is 24.3 Å². The van der Waals surface area contributed by atoms with E-state index in [4.69, 9.17) is 10.8 Å². The van der Waals surface area contributed by atoms with Crippen molar-refractivity contribution in [2.24, 2.45) is 11.7 Å². The molecule has 1 rings (SSSR count). The summed E-state index contributed by atoms with van der Waals surface area (Å²) < 4.78 is 24.5. The van der Waals surface area contributed by atoms with E-state index in [0.29, 0.717) is 5.56 Å². The third kappa shape index (κ3) is 3.27. The molecule has 0 fully saturated rings. The van der Waals surface area contributed by atoms with Gasteiger partial charge in [0.05, 0.1) is 5.92 Å². The molecule has 0 amide bonds. The maximum absolute atomic E-state index is 12.2. The summed E-state index contributed by atoms with van der Waals surface area (Å²) in [6.07, 6.45) is -2.24. The molecule has 1 aromatic rings. The topological polar surface area (TPSA) is 63.3 Å². The van der Waals surface area contributed by atoms with Gasteiger partial charge in [-0.2, -0.15) is 0 Å². The molecule has 0 radical (unpaired) electrons. The van der Waals surface area contributed by atoms with Crippen LogP contribution in [-0.2, 0) is 11.2 Å². The predicted molar refractivity (Wildman–Crippen MR) is 55.3 cm³/mol.